The van der Waals surface area contributed by atoms with Crippen LogP contribution in [0.5, 0.6) is 0 Å². The molecular weight excluding hydrogens is 128 g/mol. The smallest absolute Gasteiger partial charge is 0.198 e. The molecule has 57 valence electrons. The molecule has 1 rings (SSSR count). The third kappa shape index (κ3) is 2.45. The van der Waals surface area contributed by atoms with E-state index >= 15 is 0 Å². The van der Waals surface area contributed by atoms with Crippen molar-refractivity contribution in [3.8, 4) is 0 Å². The molecule has 0 aliphatic carbocycles. The number of nitrogens with one attached hydrogen (secondary N) is 2. The van der Waals surface area contributed by atoms with Crippen LogP contribution in [-0.2, 0) is 4.79 Å². The van der Waals surface area contributed by atoms with Crippen LogP contribution < -0.4 is 10.6 Å². The molecule has 0 aromatic carbocycles. The van der Waals surface area contributed by atoms with E-state index in [1.165, 1.54) is 0 Å². The highest BCUT2D eigenvalue weighted by molar-refractivity contribution is 5.50. The van der Waals surface area contributed by atoms with Gasteiger partial charge in [-0.05, 0) is 6.42 Å². The summed E-state index contributed by atoms with van der Waals surface area (Å²) in [6, 6.07) is 0.482. The van der Waals surface area contributed by atoms with Crippen LogP contribution in [0.15, 0.2) is 0 Å². The summed E-state index contributed by atoms with van der Waals surface area (Å²) < 4.78 is 0. The predicted molar refractivity (Wildman–Crippen MR) is 39.6 cm³/mol. The molecule has 1 fully saturated rings. The van der Waals surface area contributed by atoms with Crippen molar-refractivity contribution in [3.05, 3.63) is 0 Å². The maximum atomic E-state index is 9.87. The van der Waals surface area contributed by atoms with Gasteiger partial charge in [-0.2, -0.15) is 0 Å². The Kier molecular flexibility index (Phi) is 3.40. The second-order valence-electron chi connectivity index (χ2n) is 2.54. The van der Waals surface area contributed by atoms with Crippen molar-refractivity contribution in [2.24, 2.45) is 0 Å². The number of hydrogen-bond acceptors (Lipinski definition) is 3. The molecule has 1 aliphatic heterocycles. The fourth-order valence-corrected chi connectivity index (χ4v) is 1.15. The molecule has 0 amide bonds. The maximum absolute atomic E-state index is 9.87. The van der Waals surface area contributed by atoms with Crippen molar-refractivity contribution in [2.75, 3.05) is 19.6 Å². The first-order chi connectivity index (χ1) is 4.93. The summed E-state index contributed by atoms with van der Waals surface area (Å²) in [7, 11) is 0. The van der Waals surface area contributed by atoms with E-state index in [9.17, 15) is 4.79 Å². The lowest BCUT2D eigenvalue weighted by Crippen LogP contribution is -2.48. The molecule has 1 saturated heterocycles. The zero-order valence-corrected chi connectivity index (χ0v) is 6.02. The normalized spacial score (nSPS) is 26.2. The van der Waals surface area contributed by atoms with Crippen molar-refractivity contribution in [1.82, 2.24) is 10.6 Å². The van der Waals surface area contributed by atoms with Crippen molar-refractivity contribution < 1.29 is 4.79 Å². The van der Waals surface area contributed by atoms with Crippen LogP contribution in [-0.4, -0.2) is 32.0 Å². The molecule has 10 heavy (non-hydrogen) atoms. The first-order valence-corrected chi connectivity index (χ1v) is 3.72. The molecule has 3 heteroatoms. The Morgan fingerprint density at radius 3 is 3.00 bits per heavy atom. The van der Waals surface area contributed by atoms with Crippen LogP contribution in [0, 0.1) is 0 Å². The summed E-state index contributed by atoms with van der Waals surface area (Å²) in [6.07, 6.45) is 3.37. The van der Waals surface area contributed by atoms with E-state index < -0.39 is 0 Å². The van der Waals surface area contributed by atoms with Crippen LogP contribution in [0.4, 0.5) is 0 Å². The van der Waals surface area contributed by atoms with Crippen molar-refractivity contribution in [1.29, 1.82) is 0 Å². The molecule has 1 atom stereocenters. The van der Waals surface area contributed by atoms with Crippen molar-refractivity contribution >= 4 is 6.29 Å². The van der Waals surface area contributed by atoms with Gasteiger partial charge >= 0.3 is 0 Å². The maximum Gasteiger partial charge on any atom is 0.198 e. The number of carbonyl (C=O) groups excluding carboxylic acids is 1. The minimum Gasteiger partial charge on any atom is -0.314 e. The quantitative estimate of drug-likeness (QED) is 0.553. The Balaban J connectivity index is 2.07. The summed E-state index contributed by atoms with van der Waals surface area (Å²) in [6.45, 7) is 3.05. The number of rotatable bonds is 3. The second kappa shape index (κ2) is 4.41. The highest BCUT2D eigenvalue weighted by atomic mass is 16.1. The van der Waals surface area contributed by atoms with E-state index in [1.807, 2.05) is 6.29 Å². The molecule has 0 bridgehead atoms. The fourth-order valence-electron chi connectivity index (χ4n) is 1.15. The molecule has 1 unspecified atom stereocenters. The number of piperazine rings is 1. The largest absolute Gasteiger partial charge is 0.314 e. The van der Waals surface area contributed by atoms with Crippen molar-refractivity contribution in [2.45, 2.75) is 18.9 Å². The Bertz CT molecular complexity index is 99.8. The van der Waals surface area contributed by atoms with Gasteiger partial charge in [0.05, 0.1) is 0 Å². The van der Waals surface area contributed by atoms with Gasteiger partial charge < -0.3 is 10.6 Å². The Morgan fingerprint density at radius 1 is 1.50 bits per heavy atom. The summed E-state index contributed by atoms with van der Waals surface area (Å²) >= 11 is 0. The minimum atomic E-state index is 0.482. The monoisotopic (exact) mass is 141 g/mol. The van der Waals surface area contributed by atoms with Gasteiger partial charge in [0.25, 0.3) is 0 Å². The molecule has 1 heterocycles. The predicted octanol–water partition coefficient (Wildman–Crippen LogP) is -0.562. The van der Waals surface area contributed by atoms with Crippen LogP contribution in [0.3, 0.4) is 0 Å². The summed E-state index contributed by atoms with van der Waals surface area (Å²) in [5, 5.41) is 6.56. The molecule has 1 radical (unpaired) electrons. The van der Waals surface area contributed by atoms with Gasteiger partial charge in [-0.1, -0.05) is 0 Å². The van der Waals surface area contributed by atoms with Crippen LogP contribution in [0.2, 0.25) is 0 Å². The Hall–Kier alpha value is -0.410. The molecule has 1 aliphatic rings. The molecule has 0 aromatic heterocycles. The third-order valence-corrected chi connectivity index (χ3v) is 1.72. The van der Waals surface area contributed by atoms with Crippen LogP contribution in [0.1, 0.15) is 12.8 Å². The van der Waals surface area contributed by atoms with Crippen molar-refractivity contribution in [3.63, 3.8) is 0 Å². The molecule has 0 aromatic rings. The van der Waals surface area contributed by atoms with Gasteiger partial charge in [0.15, 0.2) is 6.29 Å². The molecule has 2 N–H and O–H groups in total. The SMILES string of the molecule is O=[C]CCC1CNCCN1. The summed E-state index contributed by atoms with van der Waals surface area (Å²) in [4.78, 5) is 9.87. The average molecular weight is 141 g/mol. The average Bonchev–Trinajstić information content (AvgIpc) is 2.03. The van der Waals surface area contributed by atoms with E-state index in [0.717, 1.165) is 26.1 Å². The van der Waals surface area contributed by atoms with E-state index in [-0.39, 0.29) is 0 Å². The molecular formula is C7H13N2O. The third-order valence-electron chi connectivity index (χ3n) is 1.72. The van der Waals surface area contributed by atoms with Gasteiger partial charge in [-0.3, -0.25) is 4.79 Å². The van der Waals surface area contributed by atoms with Gasteiger partial charge in [0.1, 0.15) is 0 Å². The van der Waals surface area contributed by atoms with E-state index in [2.05, 4.69) is 10.6 Å². The van der Waals surface area contributed by atoms with Crippen LogP contribution >= 0.6 is 0 Å². The van der Waals surface area contributed by atoms with Gasteiger partial charge in [0.2, 0.25) is 0 Å². The minimum absolute atomic E-state index is 0.482. The Morgan fingerprint density at radius 2 is 2.40 bits per heavy atom. The standard InChI is InChI=1S/C7H13N2O/c10-5-1-2-7-6-8-3-4-9-7/h7-9H,1-4,6H2. The van der Waals surface area contributed by atoms with E-state index in [1.54, 1.807) is 0 Å². The van der Waals surface area contributed by atoms with Gasteiger partial charge in [0, 0.05) is 32.1 Å². The zero-order valence-electron chi connectivity index (χ0n) is 6.02. The first-order valence-electron chi connectivity index (χ1n) is 3.72. The van der Waals surface area contributed by atoms with Crippen LogP contribution in [0.25, 0.3) is 0 Å². The van der Waals surface area contributed by atoms with Gasteiger partial charge in [-0.15, -0.1) is 0 Å². The molecule has 0 saturated carbocycles. The molecule has 0 spiro atoms. The fraction of sp³-hybridized carbons (Fsp3) is 0.857. The number of hydrogen-bond donors (Lipinski definition) is 2. The zero-order chi connectivity index (χ0) is 7.23. The lowest BCUT2D eigenvalue weighted by Gasteiger charge is -2.23. The highest BCUT2D eigenvalue weighted by Crippen LogP contribution is 1.95. The summed E-state index contributed by atoms with van der Waals surface area (Å²) in [5.41, 5.74) is 0. The van der Waals surface area contributed by atoms with E-state index in [4.69, 9.17) is 0 Å². The Labute approximate surface area is 61.2 Å². The summed E-state index contributed by atoms with van der Waals surface area (Å²) in [5.74, 6) is 0. The van der Waals surface area contributed by atoms with Gasteiger partial charge in [-0.25, -0.2) is 0 Å². The molecule has 3 nitrogen and oxygen atoms in total. The topological polar surface area (TPSA) is 41.1 Å². The van der Waals surface area contributed by atoms with E-state index in [0.29, 0.717) is 12.5 Å². The second-order valence-corrected chi connectivity index (χ2v) is 2.54. The highest BCUT2D eigenvalue weighted by Gasteiger charge is 2.10. The lowest BCUT2D eigenvalue weighted by molar-refractivity contribution is 0.401. The lowest BCUT2D eigenvalue weighted by atomic mass is 10.1. The first kappa shape index (κ1) is 7.69.